The first-order valence-corrected chi connectivity index (χ1v) is 18.7. The van der Waals surface area contributed by atoms with Crippen LogP contribution in [0, 0.1) is 40.9 Å². The lowest BCUT2D eigenvalue weighted by Gasteiger charge is -2.48. The third-order valence-electron chi connectivity index (χ3n) is 12.4. The largest absolute Gasteiger partial charge is 0.469 e. The van der Waals surface area contributed by atoms with E-state index >= 15 is 0 Å². The first-order valence-electron chi connectivity index (χ1n) is 18.7. The lowest BCUT2D eigenvalue weighted by molar-refractivity contribution is -0.214. The highest BCUT2D eigenvalue weighted by Gasteiger charge is 2.58. The molecule has 8 heteroatoms. The minimum atomic E-state index is -1.59. The van der Waals surface area contributed by atoms with Crippen LogP contribution in [0.2, 0.25) is 0 Å². The third kappa shape index (κ3) is 8.39. The molecule has 1 saturated heterocycles. The fourth-order valence-corrected chi connectivity index (χ4v) is 8.93. The Kier molecular flexibility index (Phi) is 12.4. The molecule has 2 fully saturated rings. The van der Waals surface area contributed by atoms with Crippen LogP contribution in [-0.2, 0) is 28.7 Å². The van der Waals surface area contributed by atoms with Gasteiger partial charge in [-0.05, 0) is 83.6 Å². The Bertz CT molecular complexity index is 1360. The SMILES string of the molecule is COC(=O)[C@]12CC(=O)[C@H](C(C)C)CC(=O)[C@H](C)CCC[C@H](C)CC(=O)[C@H]1C=C(C)C1=CC[C@](C)(O)[C@H]3CC[C@@](C)(O)[C@H](CCC(C)=C[C@@H]12)O3. The molecule has 4 rings (SSSR count). The summed E-state index contributed by atoms with van der Waals surface area (Å²) >= 11 is 0. The predicted molar refractivity (Wildman–Crippen MR) is 189 cm³/mol. The zero-order valence-corrected chi connectivity index (χ0v) is 31.5. The van der Waals surface area contributed by atoms with Gasteiger partial charge in [-0.3, -0.25) is 19.2 Å². The summed E-state index contributed by atoms with van der Waals surface area (Å²) in [7, 11) is 1.31. The van der Waals surface area contributed by atoms with E-state index in [-0.39, 0.29) is 60.8 Å². The Hall–Kier alpha value is -2.42. The number of hydrogen-bond donors (Lipinski definition) is 2. The number of methoxy groups -OCH3 is 1. The first-order chi connectivity index (χ1) is 22.8. The molecule has 49 heavy (non-hydrogen) atoms. The Morgan fingerprint density at radius 1 is 0.898 bits per heavy atom. The molecule has 1 saturated carbocycles. The topological polar surface area (TPSA) is 127 Å². The number of carbonyl (C=O) groups is 4. The molecule has 4 aliphatic rings. The molecule has 0 aromatic carbocycles. The molecule has 0 aromatic heterocycles. The van der Waals surface area contributed by atoms with Crippen LogP contribution in [0.3, 0.4) is 0 Å². The van der Waals surface area contributed by atoms with Gasteiger partial charge in [0.05, 0.1) is 41.9 Å². The zero-order chi connectivity index (χ0) is 36.5. The smallest absolute Gasteiger partial charge is 0.314 e. The van der Waals surface area contributed by atoms with E-state index < -0.39 is 52.5 Å². The Balaban J connectivity index is 1.97. The van der Waals surface area contributed by atoms with Crippen molar-refractivity contribution in [1.29, 1.82) is 0 Å². The molecule has 0 aromatic rings. The number of rotatable bonds is 2. The van der Waals surface area contributed by atoms with Crippen molar-refractivity contribution in [2.24, 2.45) is 40.9 Å². The number of allylic oxidation sites excluding steroid dienone is 5. The predicted octanol–water partition coefficient (Wildman–Crippen LogP) is 7.05. The highest BCUT2D eigenvalue weighted by molar-refractivity contribution is 5.98. The van der Waals surface area contributed by atoms with Gasteiger partial charge in [0.2, 0.25) is 0 Å². The minimum Gasteiger partial charge on any atom is -0.469 e. The number of ether oxygens (including phenoxy) is 2. The van der Waals surface area contributed by atoms with Crippen LogP contribution < -0.4 is 0 Å². The lowest BCUT2D eigenvalue weighted by Crippen LogP contribution is -2.54. The molecule has 2 bridgehead atoms. The van der Waals surface area contributed by atoms with Crippen LogP contribution in [-0.4, -0.2) is 64.1 Å². The van der Waals surface area contributed by atoms with Gasteiger partial charge in [0, 0.05) is 37.0 Å². The molecule has 2 N–H and O–H groups in total. The Morgan fingerprint density at radius 2 is 1.57 bits per heavy atom. The molecule has 0 spiro atoms. The van der Waals surface area contributed by atoms with Crippen LogP contribution in [0.25, 0.3) is 0 Å². The summed E-state index contributed by atoms with van der Waals surface area (Å²) in [5, 5.41) is 23.1. The number of carbonyl (C=O) groups excluding carboxylic acids is 4. The maximum Gasteiger partial charge on any atom is 0.314 e. The molecule has 0 unspecified atom stereocenters. The van der Waals surface area contributed by atoms with Gasteiger partial charge in [-0.15, -0.1) is 0 Å². The minimum absolute atomic E-state index is 0.0359. The third-order valence-corrected chi connectivity index (χ3v) is 12.4. The second-order valence-corrected chi connectivity index (χ2v) is 16.9. The molecule has 2 aliphatic heterocycles. The van der Waals surface area contributed by atoms with Gasteiger partial charge in [0.15, 0.2) is 0 Å². The summed E-state index contributed by atoms with van der Waals surface area (Å²) in [6.45, 7) is 15.3. The van der Waals surface area contributed by atoms with Crippen molar-refractivity contribution in [3.05, 3.63) is 34.9 Å². The quantitative estimate of drug-likeness (QED) is 0.234. The second kappa shape index (κ2) is 15.4. The summed E-state index contributed by atoms with van der Waals surface area (Å²) in [5.41, 5.74) is -1.36. The maximum atomic E-state index is 14.6. The van der Waals surface area contributed by atoms with Crippen LogP contribution in [0.5, 0.6) is 0 Å². The van der Waals surface area contributed by atoms with E-state index in [9.17, 15) is 29.4 Å². The average Bonchev–Trinajstić information content (AvgIpc) is 3.01. The van der Waals surface area contributed by atoms with Gasteiger partial charge < -0.3 is 19.7 Å². The Labute approximate surface area is 294 Å². The molecular formula is C41H62O8. The summed E-state index contributed by atoms with van der Waals surface area (Å²) in [6.07, 6.45) is 9.50. The van der Waals surface area contributed by atoms with E-state index in [1.807, 2.05) is 59.8 Å². The zero-order valence-electron chi connectivity index (χ0n) is 31.5. The van der Waals surface area contributed by atoms with Gasteiger partial charge >= 0.3 is 5.97 Å². The average molecular weight is 683 g/mol. The van der Waals surface area contributed by atoms with Crippen molar-refractivity contribution in [1.82, 2.24) is 0 Å². The summed E-state index contributed by atoms with van der Waals surface area (Å²) in [6, 6.07) is 0. The second-order valence-electron chi connectivity index (χ2n) is 16.9. The van der Waals surface area contributed by atoms with Crippen molar-refractivity contribution < 1.29 is 38.9 Å². The highest BCUT2D eigenvalue weighted by Crippen LogP contribution is 2.54. The van der Waals surface area contributed by atoms with Crippen LogP contribution >= 0.6 is 0 Å². The molecule has 10 atom stereocenters. The van der Waals surface area contributed by atoms with Crippen molar-refractivity contribution >= 4 is 23.3 Å². The van der Waals surface area contributed by atoms with Gasteiger partial charge in [-0.1, -0.05) is 69.9 Å². The number of ketones is 3. The van der Waals surface area contributed by atoms with E-state index in [1.165, 1.54) is 7.11 Å². The van der Waals surface area contributed by atoms with Gasteiger partial charge in [-0.25, -0.2) is 0 Å². The molecule has 8 nitrogen and oxygen atoms in total. The first kappa shape index (κ1) is 39.4. The van der Waals surface area contributed by atoms with Crippen molar-refractivity contribution in [3.8, 4) is 0 Å². The fourth-order valence-electron chi connectivity index (χ4n) is 8.93. The van der Waals surface area contributed by atoms with Crippen molar-refractivity contribution in [2.45, 2.75) is 149 Å². The molecular weight excluding hydrogens is 620 g/mol. The fraction of sp³-hybridized carbons (Fsp3) is 0.756. The number of Topliss-reactive ketones (excluding diaryl/α,β-unsaturated/α-hetero) is 3. The summed E-state index contributed by atoms with van der Waals surface area (Å²) in [4.78, 5) is 57.2. The van der Waals surface area contributed by atoms with Crippen LogP contribution in [0.1, 0.15) is 126 Å². The van der Waals surface area contributed by atoms with E-state index in [4.69, 9.17) is 9.47 Å². The van der Waals surface area contributed by atoms with Crippen LogP contribution in [0.15, 0.2) is 34.9 Å². The standard InChI is InChI=1S/C41H62O8/c1-24(2)30-22-33(42)27(5)12-10-11-25(3)20-34(43)32-21-28(6)29-15-17-39(7,46)37-16-18-40(8,47)36(49-37)14-13-26(4)19-31(29)41(32,23-35(30)44)38(45)48-9/h15,19,21,24-25,27,30-32,36-37,46-47H,10-14,16-18,20,22-23H2,1-9H3/t25-,27+,30-,31-,32+,36-,37+,39-,40+,41-/m0/s1. The molecule has 0 amide bonds. The highest BCUT2D eigenvalue weighted by atomic mass is 16.5. The van der Waals surface area contributed by atoms with E-state index in [0.717, 1.165) is 36.0 Å². The normalized spacial score (nSPS) is 40.4. The lowest BCUT2D eigenvalue weighted by atomic mass is 9.54. The molecule has 2 aliphatic carbocycles. The van der Waals surface area contributed by atoms with Crippen molar-refractivity contribution in [3.63, 3.8) is 0 Å². The van der Waals surface area contributed by atoms with Crippen LogP contribution in [0.4, 0.5) is 0 Å². The number of hydrogen-bond acceptors (Lipinski definition) is 8. The molecule has 2 heterocycles. The molecule has 0 radical (unpaired) electrons. The summed E-state index contributed by atoms with van der Waals surface area (Å²) in [5.74, 6) is -3.38. The molecule has 274 valence electrons. The van der Waals surface area contributed by atoms with Gasteiger partial charge in [0.25, 0.3) is 0 Å². The van der Waals surface area contributed by atoms with Crippen molar-refractivity contribution in [2.75, 3.05) is 7.11 Å². The van der Waals surface area contributed by atoms with Gasteiger partial charge in [0.1, 0.15) is 17.3 Å². The number of esters is 1. The summed E-state index contributed by atoms with van der Waals surface area (Å²) < 4.78 is 12.0. The number of fused-ring (bicyclic) bond motifs is 5. The maximum absolute atomic E-state index is 14.6. The van der Waals surface area contributed by atoms with E-state index in [1.54, 1.807) is 13.8 Å². The van der Waals surface area contributed by atoms with E-state index in [2.05, 4.69) is 0 Å². The van der Waals surface area contributed by atoms with Gasteiger partial charge in [-0.2, -0.15) is 0 Å². The van der Waals surface area contributed by atoms with E-state index in [0.29, 0.717) is 25.7 Å². The number of aliphatic hydroxyl groups is 2. The Morgan fingerprint density at radius 3 is 2.22 bits per heavy atom. The monoisotopic (exact) mass is 682 g/mol.